The van der Waals surface area contributed by atoms with E-state index < -0.39 is 0 Å². The van der Waals surface area contributed by atoms with Gasteiger partial charge in [0.2, 0.25) is 0 Å². The van der Waals surface area contributed by atoms with E-state index >= 15 is 0 Å². The van der Waals surface area contributed by atoms with Crippen LogP contribution in [0.1, 0.15) is 30.9 Å². The molecule has 1 aliphatic rings. The minimum Gasteiger partial charge on any atom is -0.311 e. The van der Waals surface area contributed by atoms with Crippen LogP contribution in [0.4, 0.5) is 4.39 Å². The van der Waals surface area contributed by atoms with Gasteiger partial charge in [0.05, 0.1) is 0 Å². The van der Waals surface area contributed by atoms with Crippen molar-refractivity contribution in [3.8, 4) is 0 Å². The predicted octanol–water partition coefficient (Wildman–Crippen LogP) is 2.71. The SMILES string of the molecule is CCN1CCCC1CNCc1ccc(C)c(F)c1. The van der Waals surface area contributed by atoms with Crippen molar-refractivity contribution in [2.75, 3.05) is 19.6 Å². The van der Waals surface area contributed by atoms with Gasteiger partial charge in [-0.05, 0) is 50.0 Å². The van der Waals surface area contributed by atoms with Crippen LogP contribution in [0.5, 0.6) is 0 Å². The van der Waals surface area contributed by atoms with E-state index in [1.807, 2.05) is 12.1 Å². The van der Waals surface area contributed by atoms with Gasteiger partial charge in [0.1, 0.15) is 5.82 Å². The molecule has 1 unspecified atom stereocenters. The van der Waals surface area contributed by atoms with Gasteiger partial charge < -0.3 is 5.32 Å². The number of benzene rings is 1. The van der Waals surface area contributed by atoms with Crippen molar-refractivity contribution in [1.29, 1.82) is 0 Å². The van der Waals surface area contributed by atoms with Crippen LogP contribution in [-0.2, 0) is 6.54 Å². The largest absolute Gasteiger partial charge is 0.311 e. The molecule has 0 bridgehead atoms. The topological polar surface area (TPSA) is 15.3 Å². The number of nitrogens with zero attached hydrogens (tertiary/aromatic N) is 1. The smallest absolute Gasteiger partial charge is 0.126 e. The number of halogens is 1. The van der Waals surface area contributed by atoms with E-state index in [2.05, 4.69) is 17.1 Å². The fourth-order valence-electron chi connectivity index (χ4n) is 2.67. The van der Waals surface area contributed by atoms with Crippen LogP contribution < -0.4 is 5.32 Å². The second kappa shape index (κ2) is 6.30. The van der Waals surface area contributed by atoms with Crippen molar-refractivity contribution < 1.29 is 4.39 Å². The third kappa shape index (κ3) is 3.30. The van der Waals surface area contributed by atoms with Crippen LogP contribution >= 0.6 is 0 Å². The van der Waals surface area contributed by atoms with E-state index in [0.717, 1.165) is 25.2 Å². The van der Waals surface area contributed by atoms with Gasteiger partial charge in [-0.15, -0.1) is 0 Å². The highest BCUT2D eigenvalue weighted by Gasteiger charge is 2.21. The molecular formula is C15H23FN2. The number of likely N-dealkylation sites (tertiary alicyclic amines) is 1. The molecular weight excluding hydrogens is 227 g/mol. The van der Waals surface area contributed by atoms with Crippen molar-refractivity contribution in [3.05, 3.63) is 35.1 Å². The Labute approximate surface area is 109 Å². The van der Waals surface area contributed by atoms with Crippen LogP contribution in [0.2, 0.25) is 0 Å². The van der Waals surface area contributed by atoms with E-state index in [9.17, 15) is 4.39 Å². The van der Waals surface area contributed by atoms with Crippen molar-refractivity contribution in [3.63, 3.8) is 0 Å². The van der Waals surface area contributed by atoms with Crippen LogP contribution in [-0.4, -0.2) is 30.6 Å². The molecule has 1 heterocycles. The Hall–Kier alpha value is -0.930. The molecule has 3 heteroatoms. The summed E-state index contributed by atoms with van der Waals surface area (Å²) in [5.41, 5.74) is 1.74. The van der Waals surface area contributed by atoms with E-state index in [0.29, 0.717) is 11.6 Å². The monoisotopic (exact) mass is 250 g/mol. The van der Waals surface area contributed by atoms with Crippen LogP contribution in [0.3, 0.4) is 0 Å². The van der Waals surface area contributed by atoms with Crippen molar-refractivity contribution in [1.82, 2.24) is 10.2 Å². The average Bonchev–Trinajstić information content (AvgIpc) is 2.81. The molecule has 1 fully saturated rings. The maximum atomic E-state index is 13.4. The predicted molar refractivity (Wildman–Crippen MR) is 73.1 cm³/mol. The highest BCUT2D eigenvalue weighted by molar-refractivity contribution is 5.23. The Kier molecular flexibility index (Phi) is 4.72. The summed E-state index contributed by atoms with van der Waals surface area (Å²) < 4.78 is 13.4. The van der Waals surface area contributed by atoms with Gasteiger partial charge in [-0.2, -0.15) is 0 Å². The fraction of sp³-hybridized carbons (Fsp3) is 0.600. The number of hydrogen-bond donors (Lipinski definition) is 1. The lowest BCUT2D eigenvalue weighted by atomic mass is 10.1. The number of aryl methyl sites for hydroxylation is 1. The second-order valence-electron chi connectivity index (χ2n) is 5.14. The minimum atomic E-state index is -0.106. The summed E-state index contributed by atoms with van der Waals surface area (Å²) in [7, 11) is 0. The molecule has 0 spiro atoms. The molecule has 2 nitrogen and oxygen atoms in total. The summed E-state index contributed by atoms with van der Waals surface area (Å²) in [4.78, 5) is 2.52. The minimum absolute atomic E-state index is 0.106. The number of likely N-dealkylation sites (N-methyl/N-ethyl adjacent to an activating group) is 1. The molecule has 100 valence electrons. The first-order valence-electron chi connectivity index (χ1n) is 6.90. The molecule has 1 atom stereocenters. The molecule has 0 radical (unpaired) electrons. The zero-order valence-electron chi connectivity index (χ0n) is 11.4. The second-order valence-corrected chi connectivity index (χ2v) is 5.14. The number of hydrogen-bond acceptors (Lipinski definition) is 2. The summed E-state index contributed by atoms with van der Waals surface area (Å²) >= 11 is 0. The quantitative estimate of drug-likeness (QED) is 0.864. The molecule has 1 aromatic carbocycles. The number of nitrogens with one attached hydrogen (secondary N) is 1. The summed E-state index contributed by atoms with van der Waals surface area (Å²) in [5.74, 6) is -0.106. The lowest BCUT2D eigenvalue weighted by Gasteiger charge is -2.23. The summed E-state index contributed by atoms with van der Waals surface area (Å²) in [6.07, 6.45) is 2.59. The van der Waals surface area contributed by atoms with Crippen molar-refractivity contribution in [2.24, 2.45) is 0 Å². The highest BCUT2D eigenvalue weighted by atomic mass is 19.1. The molecule has 0 aliphatic carbocycles. The Morgan fingerprint density at radius 2 is 2.28 bits per heavy atom. The van der Waals surface area contributed by atoms with Gasteiger partial charge in [-0.25, -0.2) is 4.39 Å². The van der Waals surface area contributed by atoms with Crippen LogP contribution in [0.15, 0.2) is 18.2 Å². The molecule has 1 aliphatic heterocycles. The molecule has 0 aromatic heterocycles. The molecule has 2 rings (SSSR count). The third-order valence-corrected chi connectivity index (χ3v) is 3.85. The van der Waals surface area contributed by atoms with E-state index in [-0.39, 0.29) is 5.82 Å². The third-order valence-electron chi connectivity index (χ3n) is 3.85. The molecule has 1 aromatic rings. The van der Waals surface area contributed by atoms with Crippen LogP contribution in [0.25, 0.3) is 0 Å². The molecule has 0 saturated carbocycles. The van der Waals surface area contributed by atoms with Crippen molar-refractivity contribution >= 4 is 0 Å². The zero-order chi connectivity index (χ0) is 13.0. The lowest BCUT2D eigenvalue weighted by Crippen LogP contribution is -2.37. The van der Waals surface area contributed by atoms with E-state index in [4.69, 9.17) is 0 Å². The fourth-order valence-corrected chi connectivity index (χ4v) is 2.67. The highest BCUT2D eigenvalue weighted by Crippen LogP contribution is 2.16. The first kappa shape index (κ1) is 13.5. The molecule has 1 saturated heterocycles. The Morgan fingerprint density at radius 1 is 1.44 bits per heavy atom. The zero-order valence-corrected chi connectivity index (χ0v) is 11.4. The Bertz CT molecular complexity index is 392. The standard InChI is InChI=1S/C15H23FN2/c1-3-18-8-4-5-14(18)11-17-10-13-7-6-12(2)15(16)9-13/h6-7,9,14,17H,3-5,8,10-11H2,1-2H3. The van der Waals surface area contributed by atoms with Gasteiger partial charge in [-0.1, -0.05) is 19.1 Å². The Balaban J connectivity index is 1.79. The summed E-state index contributed by atoms with van der Waals surface area (Å²) in [6.45, 7) is 8.12. The van der Waals surface area contributed by atoms with E-state index in [1.54, 1.807) is 13.0 Å². The number of rotatable bonds is 5. The summed E-state index contributed by atoms with van der Waals surface area (Å²) in [6, 6.07) is 6.14. The molecule has 18 heavy (non-hydrogen) atoms. The lowest BCUT2D eigenvalue weighted by molar-refractivity contribution is 0.260. The maximum absolute atomic E-state index is 13.4. The van der Waals surface area contributed by atoms with Gasteiger partial charge in [-0.3, -0.25) is 4.90 Å². The van der Waals surface area contributed by atoms with Gasteiger partial charge >= 0.3 is 0 Å². The average molecular weight is 250 g/mol. The summed E-state index contributed by atoms with van der Waals surface area (Å²) in [5, 5.41) is 3.45. The van der Waals surface area contributed by atoms with Gasteiger partial charge in [0.15, 0.2) is 0 Å². The van der Waals surface area contributed by atoms with Gasteiger partial charge in [0, 0.05) is 19.1 Å². The van der Waals surface area contributed by atoms with Crippen LogP contribution in [0, 0.1) is 12.7 Å². The first-order valence-corrected chi connectivity index (χ1v) is 6.90. The Morgan fingerprint density at radius 3 is 3.00 bits per heavy atom. The first-order chi connectivity index (χ1) is 8.70. The van der Waals surface area contributed by atoms with E-state index in [1.165, 1.54) is 19.4 Å². The maximum Gasteiger partial charge on any atom is 0.126 e. The van der Waals surface area contributed by atoms with Crippen molar-refractivity contribution in [2.45, 2.75) is 39.3 Å². The van der Waals surface area contributed by atoms with Gasteiger partial charge in [0.25, 0.3) is 0 Å². The molecule has 0 amide bonds. The molecule has 1 N–H and O–H groups in total. The normalized spacial score (nSPS) is 20.5.